The number of unbranched alkanes of at least 4 members (excludes halogenated alkanes) is 11. The van der Waals surface area contributed by atoms with Crippen molar-refractivity contribution in [2.75, 3.05) is 13.2 Å². The number of hydrogen-bond donors (Lipinski definition) is 0. The van der Waals surface area contributed by atoms with E-state index >= 15 is 0 Å². The van der Waals surface area contributed by atoms with Crippen LogP contribution in [0, 0.1) is 0 Å². The first-order valence-electron chi connectivity index (χ1n) is 29.1. The maximum absolute atomic E-state index is 12.8. The van der Waals surface area contributed by atoms with E-state index in [0.717, 1.165) is 161 Å². The number of allylic oxidation sites excluding steroid dienone is 28. The minimum atomic E-state index is -0.835. The zero-order valence-electron chi connectivity index (χ0n) is 47.0. The van der Waals surface area contributed by atoms with Gasteiger partial charge in [0.25, 0.3) is 0 Å². The fraction of sp³-hybridized carbons (Fsp3) is 0.544. The molecule has 74 heavy (non-hydrogen) atoms. The molecule has 0 spiro atoms. The molecule has 6 heteroatoms. The molecule has 0 radical (unpaired) electrons. The fourth-order valence-electron chi connectivity index (χ4n) is 7.15. The molecule has 0 aliphatic carbocycles. The van der Waals surface area contributed by atoms with Crippen LogP contribution < -0.4 is 0 Å². The number of esters is 3. The normalized spacial score (nSPS) is 13.4. The summed E-state index contributed by atoms with van der Waals surface area (Å²) in [6.45, 7) is 6.23. The average Bonchev–Trinajstić information content (AvgIpc) is 3.40. The van der Waals surface area contributed by atoms with E-state index in [-0.39, 0.29) is 31.6 Å². The Morgan fingerprint density at radius 2 is 0.554 bits per heavy atom. The molecule has 0 aliphatic rings. The van der Waals surface area contributed by atoms with Gasteiger partial charge in [0.05, 0.1) is 0 Å². The van der Waals surface area contributed by atoms with E-state index < -0.39 is 12.1 Å². The largest absolute Gasteiger partial charge is 0.462 e. The van der Waals surface area contributed by atoms with Crippen LogP contribution in [-0.2, 0) is 28.6 Å². The molecular weight excluding hydrogens is 913 g/mol. The summed E-state index contributed by atoms with van der Waals surface area (Å²) in [6.07, 6.45) is 89.5. The number of carbonyl (C=O) groups excluding carboxylic acids is 3. The van der Waals surface area contributed by atoms with Crippen molar-refractivity contribution in [3.8, 4) is 0 Å². The highest BCUT2D eigenvalue weighted by Gasteiger charge is 2.19. The molecule has 0 aromatic heterocycles. The summed E-state index contributed by atoms with van der Waals surface area (Å²) in [7, 11) is 0. The molecule has 0 aromatic carbocycles. The molecule has 0 N–H and O–H groups in total. The number of ether oxygens (including phenoxy) is 3. The summed E-state index contributed by atoms with van der Waals surface area (Å²) in [6, 6.07) is 0. The van der Waals surface area contributed by atoms with Gasteiger partial charge in [-0.15, -0.1) is 0 Å². The zero-order chi connectivity index (χ0) is 53.6. The summed E-state index contributed by atoms with van der Waals surface area (Å²) < 4.78 is 16.7. The van der Waals surface area contributed by atoms with Gasteiger partial charge in [-0.2, -0.15) is 0 Å². The molecule has 1 unspecified atom stereocenters. The van der Waals surface area contributed by atoms with E-state index in [1.807, 2.05) is 12.2 Å². The average molecular weight is 1020 g/mol. The van der Waals surface area contributed by atoms with Gasteiger partial charge in [-0.25, -0.2) is 0 Å². The highest BCUT2D eigenvalue weighted by molar-refractivity contribution is 5.71. The van der Waals surface area contributed by atoms with Crippen LogP contribution in [0.1, 0.15) is 220 Å². The molecule has 0 aromatic rings. The second kappa shape index (κ2) is 60.3. The second-order valence-corrected chi connectivity index (χ2v) is 18.4. The topological polar surface area (TPSA) is 78.9 Å². The molecule has 412 valence electrons. The highest BCUT2D eigenvalue weighted by Crippen LogP contribution is 2.12. The van der Waals surface area contributed by atoms with Gasteiger partial charge in [0.1, 0.15) is 13.2 Å². The van der Waals surface area contributed by atoms with Gasteiger partial charge in [0, 0.05) is 19.3 Å². The van der Waals surface area contributed by atoms with Crippen LogP contribution >= 0.6 is 0 Å². The molecule has 1 atom stereocenters. The predicted octanol–water partition coefficient (Wildman–Crippen LogP) is 19.9. The van der Waals surface area contributed by atoms with Crippen molar-refractivity contribution in [1.82, 2.24) is 0 Å². The Balaban J connectivity index is 4.32. The van der Waals surface area contributed by atoms with E-state index in [1.54, 1.807) is 0 Å². The lowest BCUT2D eigenvalue weighted by Crippen LogP contribution is -2.30. The SMILES string of the molecule is CC/C=C\C/C=C\C/C=C\C/C=C\C/C=C\C/C=C\C/C=C\C/C=C\C/C=C\CCCCCCCC(=O)OCC(COC(=O)CCCCCCC/C=C\CCC)OC(=O)CC/C=C\C/C=C\C/C=C\C/C=C\CC. The maximum Gasteiger partial charge on any atom is 0.306 e. The number of rotatable bonds is 50. The smallest absolute Gasteiger partial charge is 0.306 e. The van der Waals surface area contributed by atoms with E-state index in [0.29, 0.717) is 19.3 Å². The van der Waals surface area contributed by atoms with Crippen molar-refractivity contribution in [3.63, 3.8) is 0 Å². The summed E-state index contributed by atoms with van der Waals surface area (Å²) in [5.74, 6) is -1.05. The minimum absolute atomic E-state index is 0.125. The van der Waals surface area contributed by atoms with Gasteiger partial charge < -0.3 is 14.2 Å². The van der Waals surface area contributed by atoms with E-state index in [1.165, 1.54) is 12.8 Å². The maximum atomic E-state index is 12.8. The highest BCUT2D eigenvalue weighted by atomic mass is 16.6. The second-order valence-electron chi connectivity index (χ2n) is 18.4. The Bertz CT molecular complexity index is 1740. The molecule has 0 bridgehead atoms. The molecule has 0 amide bonds. The molecule has 0 heterocycles. The van der Waals surface area contributed by atoms with Crippen LogP contribution in [0.3, 0.4) is 0 Å². The lowest BCUT2D eigenvalue weighted by Gasteiger charge is -2.18. The Morgan fingerprint density at radius 1 is 0.284 bits per heavy atom. The molecular formula is C68H104O6. The van der Waals surface area contributed by atoms with Crippen LogP contribution in [0.5, 0.6) is 0 Å². The Hall–Kier alpha value is -5.23. The minimum Gasteiger partial charge on any atom is -0.462 e. The Kier molecular flexibility index (Phi) is 56.1. The first-order chi connectivity index (χ1) is 36.5. The van der Waals surface area contributed by atoms with Crippen LogP contribution in [0.15, 0.2) is 170 Å². The van der Waals surface area contributed by atoms with Crippen molar-refractivity contribution < 1.29 is 28.6 Å². The van der Waals surface area contributed by atoms with E-state index in [9.17, 15) is 14.4 Å². The first-order valence-corrected chi connectivity index (χ1v) is 29.1. The summed E-state index contributed by atoms with van der Waals surface area (Å²) >= 11 is 0. The van der Waals surface area contributed by atoms with Crippen molar-refractivity contribution in [1.29, 1.82) is 0 Å². The zero-order valence-corrected chi connectivity index (χ0v) is 47.0. The molecule has 6 nitrogen and oxygen atoms in total. The quantitative estimate of drug-likeness (QED) is 0.0261. The third-order valence-corrected chi connectivity index (χ3v) is 11.4. The van der Waals surface area contributed by atoms with Crippen molar-refractivity contribution in [3.05, 3.63) is 170 Å². The summed E-state index contributed by atoms with van der Waals surface area (Å²) in [5, 5.41) is 0. The van der Waals surface area contributed by atoms with Crippen molar-refractivity contribution in [2.24, 2.45) is 0 Å². The van der Waals surface area contributed by atoms with E-state index in [2.05, 4.69) is 179 Å². The van der Waals surface area contributed by atoms with Crippen molar-refractivity contribution in [2.45, 2.75) is 226 Å². The Morgan fingerprint density at radius 3 is 0.892 bits per heavy atom. The third-order valence-electron chi connectivity index (χ3n) is 11.4. The predicted molar refractivity (Wildman–Crippen MR) is 320 cm³/mol. The monoisotopic (exact) mass is 1020 g/mol. The van der Waals surface area contributed by atoms with Gasteiger partial charge in [-0.05, 0) is 135 Å². The van der Waals surface area contributed by atoms with Gasteiger partial charge in [-0.1, -0.05) is 236 Å². The van der Waals surface area contributed by atoms with Crippen molar-refractivity contribution >= 4 is 17.9 Å². The van der Waals surface area contributed by atoms with Crippen LogP contribution in [-0.4, -0.2) is 37.2 Å². The summed E-state index contributed by atoms with van der Waals surface area (Å²) in [5.41, 5.74) is 0. The fourth-order valence-corrected chi connectivity index (χ4v) is 7.15. The molecule has 0 saturated heterocycles. The number of carbonyl (C=O) groups is 3. The lowest BCUT2D eigenvalue weighted by molar-refractivity contribution is -0.166. The van der Waals surface area contributed by atoms with Gasteiger partial charge in [0.2, 0.25) is 0 Å². The third kappa shape index (κ3) is 57.7. The number of hydrogen-bond acceptors (Lipinski definition) is 6. The molecule has 0 rings (SSSR count). The van der Waals surface area contributed by atoms with Gasteiger partial charge in [-0.3, -0.25) is 14.4 Å². The molecule has 0 saturated carbocycles. The van der Waals surface area contributed by atoms with Crippen LogP contribution in [0.4, 0.5) is 0 Å². The van der Waals surface area contributed by atoms with Gasteiger partial charge >= 0.3 is 17.9 Å². The Labute approximate surface area is 453 Å². The van der Waals surface area contributed by atoms with Crippen LogP contribution in [0.2, 0.25) is 0 Å². The standard InChI is InChI=1S/C68H104O6/c1-4-7-10-13-16-19-22-24-25-26-27-28-29-30-31-32-33-34-35-36-37-38-39-40-41-42-43-45-46-49-52-55-58-61-67(70)73-64-65(63-72-66(69)60-57-54-51-48-21-18-15-12-9-6-3)74-68(71)62-59-56-53-50-47-44-23-20-17-14-11-8-5-2/h7-8,10-12,15-17,19-20,24-25,27-28,30-31,33-34,36-37,39-40,42-44,47,53,56,65H,4-6,9,13-14,18,21-23,26,29,32,35,38,41,45-46,48-52,54-55,57-64H2,1-3H3/b10-7-,11-8-,15-12-,19-16-,20-17-,25-24-,28-27-,31-30-,34-33-,37-36-,40-39-,43-42-,47-44-,56-53-. The summed E-state index contributed by atoms with van der Waals surface area (Å²) in [4.78, 5) is 38.0. The van der Waals surface area contributed by atoms with Gasteiger partial charge in [0.15, 0.2) is 6.10 Å². The van der Waals surface area contributed by atoms with Crippen LogP contribution in [0.25, 0.3) is 0 Å². The molecule has 0 fully saturated rings. The van der Waals surface area contributed by atoms with E-state index in [4.69, 9.17) is 14.2 Å². The first kappa shape index (κ1) is 68.8. The molecule has 0 aliphatic heterocycles. The lowest BCUT2D eigenvalue weighted by atomic mass is 10.1.